The van der Waals surface area contributed by atoms with Crippen molar-refractivity contribution in [3.8, 4) is 11.4 Å². The predicted octanol–water partition coefficient (Wildman–Crippen LogP) is 3.08. The molecule has 9 heteroatoms. The SMILES string of the molecule is O=C(Cc1nc(-c2ccccc2)n[nH]1)N1CCc2c(c(C(=O)N3CCCC3)nn2Cc2ccccc2)C1. The van der Waals surface area contributed by atoms with E-state index in [1.165, 1.54) is 0 Å². The zero-order valence-corrected chi connectivity index (χ0v) is 20.6. The third kappa shape index (κ3) is 4.76. The Morgan fingerprint density at radius 3 is 2.38 bits per heavy atom. The van der Waals surface area contributed by atoms with Gasteiger partial charge in [-0.1, -0.05) is 60.7 Å². The number of nitrogens with zero attached hydrogens (tertiary/aromatic N) is 6. The minimum atomic E-state index is -0.0446. The average Bonchev–Trinajstić information content (AvgIpc) is 3.70. The number of hydrogen-bond acceptors (Lipinski definition) is 5. The van der Waals surface area contributed by atoms with E-state index in [0.717, 1.165) is 48.3 Å². The number of aromatic nitrogens is 5. The lowest BCUT2D eigenvalue weighted by atomic mass is 10.0. The van der Waals surface area contributed by atoms with Crippen LogP contribution in [0.4, 0.5) is 0 Å². The molecule has 0 aliphatic carbocycles. The molecule has 2 aliphatic heterocycles. The van der Waals surface area contributed by atoms with Gasteiger partial charge in [-0.25, -0.2) is 4.98 Å². The summed E-state index contributed by atoms with van der Waals surface area (Å²) in [4.78, 5) is 34.9. The number of nitrogens with one attached hydrogen (secondary N) is 1. The molecule has 0 spiro atoms. The molecule has 4 heterocycles. The van der Waals surface area contributed by atoms with Gasteiger partial charge in [-0.15, -0.1) is 0 Å². The van der Waals surface area contributed by atoms with Crippen LogP contribution >= 0.6 is 0 Å². The van der Waals surface area contributed by atoms with Crippen LogP contribution in [0.3, 0.4) is 0 Å². The first-order valence-electron chi connectivity index (χ1n) is 12.8. The molecule has 2 aliphatic rings. The second kappa shape index (κ2) is 10.0. The van der Waals surface area contributed by atoms with Crippen molar-refractivity contribution >= 4 is 11.8 Å². The molecule has 2 amide bonds. The Kier molecular flexibility index (Phi) is 6.26. The van der Waals surface area contributed by atoms with Crippen molar-refractivity contribution in [3.63, 3.8) is 0 Å². The maximum Gasteiger partial charge on any atom is 0.274 e. The quantitative estimate of drug-likeness (QED) is 0.443. The van der Waals surface area contributed by atoms with E-state index in [9.17, 15) is 9.59 Å². The highest BCUT2D eigenvalue weighted by Crippen LogP contribution is 2.26. The van der Waals surface area contributed by atoms with Gasteiger partial charge in [0.15, 0.2) is 11.5 Å². The number of hydrogen-bond donors (Lipinski definition) is 1. The Hall–Kier alpha value is -4.27. The number of benzene rings is 2. The van der Waals surface area contributed by atoms with Crippen molar-refractivity contribution in [2.45, 2.75) is 38.8 Å². The molecule has 1 N–H and O–H groups in total. The Morgan fingerprint density at radius 1 is 0.892 bits per heavy atom. The van der Waals surface area contributed by atoms with Gasteiger partial charge in [0.1, 0.15) is 5.82 Å². The standard InChI is InChI=1S/C28H29N7O2/c36-25(17-24-29-27(31-30-24)21-11-5-2-6-12-21)34-16-13-23-22(19-34)26(28(37)33-14-7-8-15-33)32-35(23)18-20-9-3-1-4-10-20/h1-6,9-12H,7-8,13-19H2,(H,29,30,31). The molecule has 0 bridgehead atoms. The summed E-state index contributed by atoms with van der Waals surface area (Å²) in [5.74, 6) is 1.03. The first kappa shape index (κ1) is 23.1. The van der Waals surface area contributed by atoms with Crippen LogP contribution in [-0.2, 0) is 30.7 Å². The van der Waals surface area contributed by atoms with E-state index in [0.29, 0.717) is 43.4 Å². The molecule has 2 aromatic heterocycles. The molecule has 188 valence electrons. The summed E-state index contributed by atoms with van der Waals surface area (Å²) < 4.78 is 1.96. The lowest BCUT2D eigenvalue weighted by Crippen LogP contribution is -2.38. The van der Waals surface area contributed by atoms with E-state index in [1.807, 2.05) is 63.0 Å². The van der Waals surface area contributed by atoms with Crippen LogP contribution in [0.2, 0.25) is 0 Å². The van der Waals surface area contributed by atoms with Crippen LogP contribution in [0, 0.1) is 0 Å². The first-order chi connectivity index (χ1) is 18.2. The van der Waals surface area contributed by atoms with E-state index in [2.05, 4.69) is 27.3 Å². The summed E-state index contributed by atoms with van der Waals surface area (Å²) in [6.45, 7) is 3.07. The number of H-pyrrole nitrogens is 1. The number of fused-ring (bicyclic) bond motifs is 1. The van der Waals surface area contributed by atoms with Gasteiger partial charge in [-0.2, -0.15) is 10.2 Å². The number of likely N-dealkylation sites (tertiary alicyclic amines) is 1. The summed E-state index contributed by atoms with van der Waals surface area (Å²) >= 11 is 0. The fourth-order valence-corrected chi connectivity index (χ4v) is 5.18. The smallest absolute Gasteiger partial charge is 0.274 e. The zero-order chi connectivity index (χ0) is 25.2. The molecule has 37 heavy (non-hydrogen) atoms. The summed E-state index contributed by atoms with van der Waals surface area (Å²) in [5, 5.41) is 12.0. The molecule has 0 radical (unpaired) electrons. The normalized spacial score (nSPS) is 15.1. The van der Waals surface area contributed by atoms with Crippen molar-refractivity contribution in [3.05, 3.63) is 89.0 Å². The Bertz CT molecular complexity index is 1410. The summed E-state index contributed by atoms with van der Waals surface area (Å²) in [5.41, 5.74) is 4.43. The molecule has 1 fully saturated rings. The largest absolute Gasteiger partial charge is 0.337 e. The third-order valence-corrected chi connectivity index (χ3v) is 7.14. The lowest BCUT2D eigenvalue weighted by Gasteiger charge is -2.28. The minimum Gasteiger partial charge on any atom is -0.337 e. The van der Waals surface area contributed by atoms with Crippen LogP contribution in [0.15, 0.2) is 60.7 Å². The van der Waals surface area contributed by atoms with Crippen molar-refractivity contribution < 1.29 is 9.59 Å². The van der Waals surface area contributed by atoms with Gasteiger partial charge in [-0.05, 0) is 18.4 Å². The molecule has 0 unspecified atom stereocenters. The number of aromatic amines is 1. The molecular formula is C28H29N7O2. The highest BCUT2D eigenvalue weighted by Gasteiger charge is 2.33. The predicted molar refractivity (Wildman–Crippen MR) is 138 cm³/mol. The second-order valence-corrected chi connectivity index (χ2v) is 9.63. The molecule has 0 saturated carbocycles. The molecular weight excluding hydrogens is 466 g/mol. The lowest BCUT2D eigenvalue weighted by molar-refractivity contribution is -0.131. The summed E-state index contributed by atoms with van der Waals surface area (Å²) in [7, 11) is 0. The maximum absolute atomic E-state index is 13.4. The van der Waals surface area contributed by atoms with Crippen molar-refractivity contribution in [2.24, 2.45) is 0 Å². The Morgan fingerprint density at radius 2 is 1.62 bits per heavy atom. The number of carbonyl (C=O) groups is 2. The van der Waals surface area contributed by atoms with Gasteiger partial charge >= 0.3 is 0 Å². The van der Waals surface area contributed by atoms with E-state index >= 15 is 0 Å². The molecule has 0 atom stereocenters. The average molecular weight is 496 g/mol. The van der Waals surface area contributed by atoms with Crippen LogP contribution in [-0.4, -0.2) is 66.2 Å². The van der Waals surface area contributed by atoms with E-state index in [1.54, 1.807) is 0 Å². The monoisotopic (exact) mass is 495 g/mol. The van der Waals surface area contributed by atoms with Gasteiger partial charge in [0.05, 0.1) is 13.0 Å². The Labute approximate surface area is 215 Å². The maximum atomic E-state index is 13.4. The topological polar surface area (TPSA) is 100 Å². The van der Waals surface area contributed by atoms with Gasteiger partial charge in [0, 0.05) is 49.4 Å². The summed E-state index contributed by atoms with van der Waals surface area (Å²) in [6.07, 6.45) is 2.82. The molecule has 2 aromatic carbocycles. The van der Waals surface area contributed by atoms with Crippen LogP contribution in [0.25, 0.3) is 11.4 Å². The highest BCUT2D eigenvalue weighted by molar-refractivity contribution is 5.94. The fraction of sp³-hybridized carbons (Fsp3) is 0.321. The Balaban J connectivity index is 1.23. The fourth-order valence-electron chi connectivity index (χ4n) is 5.18. The molecule has 6 rings (SSSR count). The number of carbonyl (C=O) groups excluding carboxylic acids is 2. The first-order valence-corrected chi connectivity index (χ1v) is 12.8. The van der Waals surface area contributed by atoms with Crippen LogP contribution in [0.1, 0.15) is 46.0 Å². The van der Waals surface area contributed by atoms with Crippen LogP contribution in [0.5, 0.6) is 0 Å². The summed E-state index contributed by atoms with van der Waals surface area (Å²) in [6, 6.07) is 19.8. The van der Waals surface area contributed by atoms with Gasteiger partial charge in [0.25, 0.3) is 5.91 Å². The van der Waals surface area contributed by atoms with Crippen molar-refractivity contribution in [2.75, 3.05) is 19.6 Å². The van der Waals surface area contributed by atoms with Crippen molar-refractivity contribution in [1.29, 1.82) is 0 Å². The zero-order valence-electron chi connectivity index (χ0n) is 20.6. The number of amides is 2. The molecule has 9 nitrogen and oxygen atoms in total. The second-order valence-electron chi connectivity index (χ2n) is 9.63. The molecule has 1 saturated heterocycles. The van der Waals surface area contributed by atoms with E-state index in [4.69, 9.17) is 5.10 Å². The highest BCUT2D eigenvalue weighted by atomic mass is 16.2. The third-order valence-electron chi connectivity index (χ3n) is 7.14. The van der Waals surface area contributed by atoms with E-state index < -0.39 is 0 Å². The number of rotatable bonds is 6. The minimum absolute atomic E-state index is 0.0300. The van der Waals surface area contributed by atoms with Crippen LogP contribution < -0.4 is 0 Å². The molecule has 4 aromatic rings. The van der Waals surface area contributed by atoms with Gasteiger partial charge < -0.3 is 9.80 Å². The van der Waals surface area contributed by atoms with E-state index in [-0.39, 0.29) is 18.2 Å². The van der Waals surface area contributed by atoms with Gasteiger partial charge in [-0.3, -0.25) is 19.4 Å². The van der Waals surface area contributed by atoms with Crippen molar-refractivity contribution in [1.82, 2.24) is 34.8 Å². The van der Waals surface area contributed by atoms with Gasteiger partial charge in [0.2, 0.25) is 5.91 Å².